The lowest BCUT2D eigenvalue weighted by atomic mass is 9.79. The minimum Gasteiger partial charge on any atom is -0.497 e. The van der Waals surface area contributed by atoms with Crippen LogP contribution in [-0.2, 0) is 15.0 Å². The van der Waals surface area contributed by atoms with Crippen molar-refractivity contribution in [3.8, 4) is 11.5 Å². The molecule has 0 atom stereocenters. The van der Waals surface area contributed by atoms with Gasteiger partial charge in [-0.3, -0.25) is 4.79 Å². The third-order valence-electron chi connectivity index (χ3n) is 6.37. The van der Waals surface area contributed by atoms with Gasteiger partial charge in [-0.05, 0) is 54.2 Å². The lowest BCUT2D eigenvalue weighted by molar-refractivity contribution is -0.757. The van der Waals surface area contributed by atoms with Gasteiger partial charge in [-0.2, -0.15) is 0 Å². The number of fused-ring (bicyclic) bond motifs is 3. The second-order valence-corrected chi connectivity index (χ2v) is 9.48. The van der Waals surface area contributed by atoms with Crippen molar-refractivity contribution < 1.29 is 28.6 Å². The lowest BCUT2D eigenvalue weighted by Gasteiger charge is -2.26. The molecule has 1 heterocycles. The van der Waals surface area contributed by atoms with E-state index in [0.29, 0.717) is 27.5 Å². The molecule has 194 valence electrons. The molecule has 0 aliphatic rings. The van der Waals surface area contributed by atoms with Crippen molar-refractivity contribution in [2.75, 3.05) is 13.7 Å². The van der Waals surface area contributed by atoms with Gasteiger partial charge < -0.3 is 18.7 Å². The Morgan fingerprint density at radius 1 is 1.08 bits per heavy atom. The van der Waals surface area contributed by atoms with Crippen LogP contribution in [0.1, 0.15) is 71.3 Å². The van der Waals surface area contributed by atoms with Crippen LogP contribution in [0, 0.1) is 10.1 Å². The molecule has 0 aliphatic carbocycles. The van der Waals surface area contributed by atoms with Crippen molar-refractivity contribution in [2.24, 2.45) is 0 Å². The lowest BCUT2D eigenvalue weighted by Crippen LogP contribution is -2.18. The molecule has 0 bridgehead atoms. The van der Waals surface area contributed by atoms with Gasteiger partial charge in [-0.1, -0.05) is 46.5 Å². The van der Waals surface area contributed by atoms with Crippen LogP contribution in [0.5, 0.6) is 11.5 Å². The van der Waals surface area contributed by atoms with E-state index in [9.17, 15) is 19.7 Å². The highest BCUT2D eigenvalue weighted by Crippen LogP contribution is 2.39. The number of ether oxygens (including phenoxy) is 2. The molecule has 0 saturated heterocycles. The van der Waals surface area contributed by atoms with Crippen molar-refractivity contribution >= 4 is 27.7 Å². The van der Waals surface area contributed by atoms with Crippen LogP contribution in [0.2, 0.25) is 0 Å². The molecule has 0 N–H and O–H groups in total. The molecule has 0 fully saturated rings. The van der Waals surface area contributed by atoms with Gasteiger partial charge in [-0.15, -0.1) is 10.1 Å². The molecule has 9 nitrogen and oxygen atoms in total. The Bertz CT molecular complexity index is 1290. The third kappa shape index (κ3) is 6.53. The molecule has 0 spiro atoms. The third-order valence-corrected chi connectivity index (χ3v) is 6.37. The van der Waals surface area contributed by atoms with E-state index in [2.05, 4.69) is 25.6 Å². The first-order chi connectivity index (χ1) is 17.2. The Labute approximate surface area is 209 Å². The van der Waals surface area contributed by atoms with Crippen molar-refractivity contribution in [2.45, 2.75) is 71.1 Å². The van der Waals surface area contributed by atoms with Crippen molar-refractivity contribution in [1.82, 2.24) is 0 Å². The van der Waals surface area contributed by atoms with Gasteiger partial charge in [0.05, 0.1) is 24.5 Å². The molecular formula is C27H33NO8. The molecule has 2 aromatic carbocycles. The Balaban J connectivity index is 2.07. The average molecular weight is 500 g/mol. The van der Waals surface area contributed by atoms with E-state index in [1.54, 1.807) is 18.2 Å². The van der Waals surface area contributed by atoms with E-state index in [1.807, 2.05) is 12.1 Å². The molecule has 36 heavy (non-hydrogen) atoms. The fourth-order valence-electron chi connectivity index (χ4n) is 4.26. The monoisotopic (exact) mass is 499 g/mol. The number of nitrogens with zero attached hydrogens (tertiary/aromatic N) is 1. The summed E-state index contributed by atoms with van der Waals surface area (Å²) in [6.07, 6.45) is 5.45. The van der Waals surface area contributed by atoms with Crippen LogP contribution in [0.4, 0.5) is 0 Å². The molecule has 3 rings (SSSR count). The summed E-state index contributed by atoms with van der Waals surface area (Å²) in [7, 11) is 1.53. The summed E-state index contributed by atoms with van der Waals surface area (Å²) in [4.78, 5) is 40.1. The summed E-state index contributed by atoms with van der Waals surface area (Å²) in [6, 6.07) is 8.67. The molecule has 0 amide bonds. The van der Waals surface area contributed by atoms with Gasteiger partial charge in [0, 0.05) is 11.8 Å². The zero-order valence-electron chi connectivity index (χ0n) is 21.3. The predicted molar refractivity (Wildman–Crippen MR) is 136 cm³/mol. The Kier molecular flexibility index (Phi) is 8.90. The Morgan fingerprint density at radius 3 is 2.56 bits per heavy atom. The smallest absolute Gasteiger partial charge is 0.344 e. The molecule has 0 saturated carbocycles. The number of carbonyl (C=O) groups excluding carboxylic acids is 1. The number of hydrogen-bond acceptors (Lipinski definition) is 8. The standard InChI is InChI=1S/C27H33NO8/c1-5-6-7-8-13-27(2,3)18-15-22(35-24(29)10-9-14-34-28(31)32)25-21-17-19(33-4)11-12-20(21)26(30)36-23(25)16-18/h11-12,15-17H,5-10,13-14H2,1-4H3. The summed E-state index contributed by atoms with van der Waals surface area (Å²) >= 11 is 0. The molecular weight excluding hydrogens is 466 g/mol. The quantitative estimate of drug-likeness (QED) is 0.0527. The number of methoxy groups -OCH3 is 1. The van der Waals surface area contributed by atoms with Gasteiger partial charge in [0.25, 0.3) is 5.09 Å². The van der Waals surface area contributed by atoms with Crippen LogP contribution in [0.25, 0.3) is 21.7 Å². The van der Waals surface area contributed by atoms with Crippen LogP contribution in [-0.4, -0.2) is 24.8 Å². The first-order valence-electron chi connectivity index (χ1n) is 12.2. The molecule has 3 aromatic rings. The number of esters is 1. The highest BCUT2D eigenvalue weighted by atomic mass is 16.9. The minimum absolute atomic E-state index is 0.0714. The van der Waals surface area contributed by atoms with Crippen LogP contribution in [0.15, 0.2) is 39.5 Å². The average Bonchev–Trinajstić information content (AvgIpc) is 2.83. The molecule has 0 unspecified atom stereocenters. The van der Waals surface area contributed by atoms with E-state index in [-0.39, 0.29) is 30.6 Å². The SMILES string of the molecule is CCCCCCC(C)(C)c1cc(OC(=O)CCCO[N+](=O)[O-])c2c(c1)oc(=O)c1ccc(OC)cc12. The highest BCUT2D eigenvalue weighted by molar-refractivity contribution is 6.09. The summed E-state index contributed by atoms with van der Waals surface area (Å²) < 4.78 is 16.8. The Morgan fingerprint density at radius 2 is 1.86 bits per heavy atom. The molecule has 9 heteroatoms. The maximum atomic E-state index is 12.8. The molecule has 1 aromatic heterocycles. The van der Waals surface area contributed by atoms with E-state index in [0.717, 1.165) is 31.2 Å². The van der Waals surface area contributed by atoms with Crippen molar-refractivity contribution in [1.29, 1.82) is 0 Å². The number of hydrogen-bond donors (Lipinski definition) is 0. The minimum atomic E-state index is -0.896. The zero-order chi connectivity index (χ0) is 26.3. The van der Waals surface area contributed by atoms with Crippen LogP contribution < -0.4 is 15.1 Å². The van der Waals surface area contributed by atoms with Crippen molar-refractivity contribution in [3.05, 3.63) is 56.4 Å². The van der Waals surface area contributed by atoms with Crippen LogP contribution >= 0.6 is 0 Å². The van der Waals surface area contributed by atoms with E-state index < -0.39 is 16.7 Å². The number of benzene rings is 2. The molecule has 0 radical (unpaired) electrons. The van der Waals surface area contributed by atoms with Gasteiger partial charge in [0.1, 0.15) is 17.1 Å². The summed E-state index contributed by atoms with van der Waals surface area (Å²) in [5.74, 6) is 0.249. The highest BCUT2D eigenvalue weighted by Gasteiger charge is 2.25. The first-order valence-corrected chi connectivity index (χ1v) is 12.2. The fourth-order valence-corrected chi connectivity index (χ4v) is 4.26. The van der Waals surface area contributed by atoms with Gasteiger partial charge in [0.2, 0.25) is 0 Å². The largest absolute Gasteiger partial charge is 0.497 e. The molecule has 0 aliphatic heterocycles. The van der Waals surface area contributed by atoms with Crippen molar-refractivity contribution in [3.63, 3.8) is 0 Å². The Hall–Kier alpha value is -3.62. The summed E-state index contributed by atoms with van der Waals surface area (Å²) in [5.41, 5.74) is 0.452. The summed E-state index contributed by atoms with van der Waals surface area (Å²) in [5, 5.41) is 10.8. The van der Waals surface area contributed by atoms with Crippen LogP contribution in [0.3, 0.4) is 0 Å². The number of rotatable bonds is 13. The van der Waals surface area contributed by atoms with Gasteiger partial charge in [-0.25, -0.2) is 4.79 Å². The van der Waals surface area contributed by atoms with Gasteiger partial charge >= 0.3 is 11.6 Å². The topological polar surface area (TPSA) is 118 Å². The predicted octanol–water partition coefficient (Wildman–Crippen LogP) is 6.10. The maximum absolute atomic E-state index is 12.8. The zero-order valence-corrected chi connectivity index (χ0v) is 21.3. The van der Waals surface area contributed by atoms with E-state index >= 15 is 0 Å². The fraction of sp³-hybridized carbons (Fsp3) is 0.481. The number of unbranched alkanes of at least 4 members (excludes halogenated alkanes) is 3. The van der Waals surface area contributed by atoms with Gasteiger partial charge in [0.15, 0.2) is 0 Å². The second-order valence-electron chi connectivity index (χ2n) is 9.48. The summed E-state index contributed by atoms with van der Waals surface area (Å²) in [6.45, 7) is 6.19. The normalized spacial score (nSPS) is 11.6. The van der Waals surface area contributed by atoms with E-state index in [4.69, 9.17) is 13.9 Å². The van der Waals surface area contributed by atoms with E-state index in [1.165, 1.54) is 13.5 Å². The first kappa shape index (κ1) is 27.0. The maximum Gasteiger partial charge on any atom is 0.344 e. The second kappa shape index (κ2) is 11.9. The number of carbonyl (C=O) groups is 1.